The van der Waals surface area contributed by atoms with E-state index in [4.69, 9.17) is 10.5 Å². The molecule has 8 heteroatoms. The number of aromatic nitrogens is 1. The standard InChI is InChI=1S/C29H33FN4O3/c30-25-4-2-1-3-20(25)18-34-26-10-9-24(32-28(35)15-19-11-13-37-14-12-19)16-21(26)17-27(34)29(36)33-23-7-5-22(31)6-8-23/h1-5,7,9-10,16-17,19,22-23H,6,8,11-15,18,31H2,(H,32,35)(H,33,36). The second-order valence-electron chi connectivity index (χ2n) is 9.99. The highest BCUT2D eigenvalue weighted by molar-refractivity contribution is 6.01. The number of carbonyl (C=O) groups is 2. The average Bonchev–Trinajstić information content (AvgIpc) is 3.25. The van der Waals surface area contributed by atoms with Crippen molar-refractivity contribution in [2.45, 2.75) is 50.7 Å². The highest BCUT2D eigenvalue weighted by atomic mass is 19.1. The lowest BCUT2D eigenvalue weighted by Gasteiger charge is -2.22. The first-order valence-electron chi connectivity index (χ1n) is 13.0. The molecule has 1 aromatic heterocycles. The highest BCUT2D eigenvalue weighted by Crippen LogP contribution is 2.27. The summed E-state index contributed by atoms with van der Waals surface area (Å²) >= 11 is 0. The van der Waals surface area contributed by atoms with Gasteiger partial charge in [0.05, 0.1) is 6.54 Å². The number of anilines is 1. The number of nitrogens with one attached hydrogen (secondary N) is 2. The number of ether oxygens (including phenoxy) is 1. The molecule has 7 nitrogen and oxygen atoms in total. The van der Waals surface area contributed by atoms with Gasteiger partial charge in [0.2, 0.25) is 5.91 Å². The fourth-order valence-corrected chi connectivity index (χ4v) is 5.13. The number of nitrogens with two attached hydrogens (primary N) is 1. The molecule has 1 aliphatic carbocycles. The van der Waals surface area contributed by atoms with Crippen LogP contribution in [0.2, 0.25) is 0 Å². The fraction of sp³-hybridized carbons (Fsp3) is 0.379. The molecular weight excluding hydrogens is 471 g/mol. The quantitative estimate of drug-likeness (QED) is 0.417. The SMILES string of the molecule is NC1C=CC(NC(=O)c2cc3cc(NC(=O)CC4CCOCC4)ccc3n2Cc2ccccc2F)CC1. The summed E-state index contributed by atoms with van der Waals surface area (Å²) in [7, 11) is 0. The lowest BCUT2D eigenvalue weighted by Crippen LogP contribution is -2.38. The number of hydrogen-bond donors (Lipinski definition) is 3. The number of benzene rings is 2. The van der Waals surface area contributed by atoms with Gasteiger partial charge in [-0.05, 0) is 61.9 Å². The molecular formula is C29H33FN4O3. The van der Waals surface area contributed by atoms with Crippen molar-refractivity contribution in [1.82, 2.24) is 9.88 Å². The number of rotatable bonds is 7. The maximum Gasteiger partial charge on any atom is 0.268 e. The first kappa shape index (κ1) is 25.2. The summed E-state index contributed by atoms with van der Waals surface area (Å²) in [6, 6.07) is 13.9. The van der Waals surface area contributed by atoms with E-state index in [1.807, 2.05) is 34.9 Å². The molecule has 37 heavy (non-hydrogen) atoms. The number of hydrogen-bond acceptors (Lipinski definition) is 4. The topological polar surface area (TPSA) is 98.4 Å². The van der Waals surface area contributed by atoms with Crippen LogP contribution in [0.4, 0.5) is 10.1 Å². The molecule has 4 N–H and O–H groups in total. The summed E-state index contributed by atoms with van der Waals surface area (Å²) in [5.74, 6) is -0.255. The van der Waals surface area contributed by atoms with Gasteiger partial charge in [-0.15, -0.1) is 0 Å². The second kappa shape index (κ2) is 11.3. The first-order chi connectivity index (χ1) is 18.0. The molecule has 2 unspecified atom stereocenters. The number of carbonyl (C=O) groups excluding carboxylic acids is 2. The zero-order valence-electron chi connectivity index (χ0n) is 20.8. The summed E-state index contributed by atoms with van der Waals surface area (Å²) in [5, 5.41) is 6.87. The van der Waals surface area contributed by atoms with Crippen molar-refractivity contribution in [3.8, 4) is 0 Å². The molecule has 2 aromatic carbocycles. The summed E-state index contributed by atoms with van der Waals surface area (Å²) in [4.78, 5) is 26.0. The molecule has 0 bridgehead atoms. The molecule has 2 amide bonds. The molecule has 5 rings (SSSR count). The van der Waals surface area contributed by atoms with E-state index in [0.29, 0.717) is 42.5 Å². The number of amides is 2. The minimum Gasteiger partial charge on any atom is -0.381 e. The molecule has 0 saturated carbocycles. The normalized spacial score (nSPS) is 20.2. The van der Waals surface area contributed by atoms with Gasteiger partial charge in [-0.25, -0.2) is 4.39 Å². The van der Waals surface area contributed by atoms with E-state index < -0.39 is 0 Å². The third-order valence-electron chi connectivity index (χ3n) is 7.24. The van der Waals surface area contributed by atoms with Crippen LogP contribution in [-0.2, 0) is 16.1 Å². The third-order valence-corrected chi connectivity index (χ3v) is 7.24. The average molecular weight is 505 g/mol. The monoisotopic (exact) mass is 504 g/mol. The van der Waals surface area contributed by atoms with Gasteiger partial charge in [-0.1, -0.05) is 30.4 Å². The van der Waals surface area contributed by atoms with Crippen molar-refractivity contribution in [3.05, 3.63) is 77.8 Å². The number of halogens is 1. The Morgan fingerprint density at radius 3 is 2.59 bits per heavy atom. The molecule has 1 fully saturated rings. The van der Waals surface area contributed by atoms with Gasteiger partial charge in [-0.2, -0.15) is 0 Å². The van der Waals surface area contributed by atoms with Crippen LogP contribution in [0.25, 0.3) is 10.9 Å². The van der Waals surface area contributed by atoms with Crippen molar-refractivity contribution in [2.24, 2.45) is 11.7 Å². The van der Waals surface area contributed by atoms with Gasteiger partial charge >= 0.3 is 0 Å². The number of nitrogens with zero attached hydrogens (tertiary/aromatic N) is 1. The third kappa shape index (κ3) is 6.09. The Morgan fingerprint density at radius 2 is 1.84 bits per heavy atom. The van der Waals surface area contributed by atoms with E-state index >= 15 is 0 Å². The van der Waals surface area contributed by atoms with Gasteiger partial charge in [-0.3, -0.25) is 9.59 Å². The fourth-order valence-electron chi connectivity index (χ4n) is 5.13. The predicted molar refractivity (Wildman–Crippen MR) is 142 cm³/mol. The molecule has 1 aliphatic heterocycles. The second-order valence-corrected chi connectivity index (χ2v) is 9.99. The van der Waals surface area contributed by atoms with Crippen LogP contribution in [0.5, 0.6) is 0 Å². The van der Waals surface area contributed by atoms with Gasteiger partial charge in [0, 0.05) is 53.9 Å². The van der Waals surface area contributed by atoms with Crippen LogP contribution in [0, 0.1) is 11.7 Å². The Hall–Kier alpha value is -3.49. The van der Waals surface area contributed by atoms with Gasteiger partial charge in [0.15, 0.2) is 0 Å². The Kier molecular flexibility index (Phi) is 7.67. The molecule has 0 spiro atoms. The van der Waals surface area contributed by atoms with Crippen LogP contribution >= 0.6 is 0 Å². The molecule has 194 valence electrons. The molecule has 1 saturated heterocycles. The van der Waals surface area contributed by atoms with Gasteiger partial charge < -0.3 is 25.7 Å². The molecule has 3 aromatic rings. The van der Waals surface area contributed by atoms with E-state index in [1.54, 1.807) is 24.3 Å². The Morgan fingerprint density at radius 1 is 1.03 bits per heavy atom. The van der Waals surface area contributed by atoms with Gasteiger partial charge in [0.1, 0.15) is 11.5 Å². The zero-order chi connectivity index (χ0) is 25.8. The van der Waals surface area contributed by atoms with Gasteiger partial charge in [0.25, 0.3) is 5.91 Å². The van der Waals surface area contributed by atoms with Crippen molar-refractivity contribution in [1.29, 1.82) is 0 Å². The Balaban J connectivity index is 1.41. The van der Waals surface area contributed by atoms with Crippen LogP contribution in [0.1, 0.15) is 48.2 Å². The van der Waals surface area contributed by atoms with E-state index in [1.165, 1.54) is 6.07 Å². The molecule has 2 heterocycles. The highest BCUT2D eigenvalue weighted by Gasteiger charge is 2.22. The van der Waals surface area contributed by atoms with E-state index in [-0.39, 0.29) is 36.3 Å². The lowest BCUT2D eigenvalue weighted by atomic mass is 9.96. The summed E-state index contributed by atoms with van der Waals surface area (Å²) < 4.78 is 21.7. The van der Waals surface area contributed by atoms with Crippen molar-refractivity contribution in [3.63, 3.8) is 0 Å². The molecule has 2 aliphatic rings. The Bertz CT molecular complexity index is 1310. The van der Waals surface area contributed by atoms with E-state index in [9.17, 15) is 14.0 Å². The van der Waals surface area contributed by atoms with Crippen molar-refractivity contribution < 1.29 is 18.7 Å². The smallest absolute Gasteiger partial charge is 0.268 e. The minimum absolute atomic E-state index is 0.0146. The predicted octanol–water partition coefficient (Wildman–Crippen LogP) is 4.36. The summed E-state index contributed by atoms with van der Waals surface area (Å²) in [5.41, 5.74) is 8.33. The number of fused-ring (bicyclic) bond motifs is 1. The van der Waals surface area contributed by atoms with Crippen LogP contribution in [0.15, 0.2) is 60.7 Å². The Labute approximate surface area is 215 Å². The maximum absolute atomic E-state index is 14.5. The maximum atomic E-state index is 14.5. The molecule has 2 atom stereocenters. The van der Waals surface area contributed by atoms with Crippen molar-refractivity contribution in [2.75, 3.05) is 18.5 Å². The zero-order valence-corrected chi connectivity index (χ0v) is 20.8. The molecule has 0 radical (unpaired) electrons. The van der Waals surface area contributed by atoms with Crippen LogP contribution in [0.3, 0.4) is 0 Å². The lowest BCUT2D eigenvalue weighted by molar-refractivity contribution is -0.117. The largest absolute Gasteiger partial charge is 0.381 e. The van der Waals surface area contributed by atoms with Crippen molar-refractivity contribution >= 4 is 28.4 Å². The van der Waals surface area contributed by atoms with Crippen LogP contribution < -0.4 is 16.4 Å². The first-order valence-corrected chi connectivity index (χ1v) is 13.0. The summed E-state index contributed by atoms with van der Waals surface area (Å²) in [6.45, 7) is 1.61. The van der Waals surface area contributed by atoms with E-state index in [0.717, 1.165) is 36.6 Å². The van der Waals surface area contributed by atoms with E-state index in [2.05, 4.69) is 10.6 Å². The minimum atomic E-state index is -0.322. The van der Waals surface area contributed by atoms with Crippen LogP contribution in [-0.4, -0.2) is 41.7 Å². The summed E-state index contributed by atoms with van der Waals surface area (Å²) in [6.07, 6.45) is 7.66.